The average molecular weight is 408 g/mol. The van der Waals surface area contributed by atoms with Crippen LogP contribution >= 0.6 is 0 Å². The van der Waals surface area contributed by atoms with Crippen molar-refractivity contribution in [3.8, 4) is 5.75 Å². The van der Waals surface area contributed by atoms with Gasteiger partial charge in [-0.15, -0.1) is 0 Å². The molecule has 0 radical (unpaired) electrons. The Labute approximate surface area is 167 Å². The summed E-state index contributed by atoms with van der Waals surface area (Å²) < 4.78 is 25.1. The Balaban J connectivity index is 1.91. The van der Waals surface area contributed by atoms with Crippen LogP contribution in [0.1, 0.15) is 22.8 Å². The zero-order valence-electron chi connectivity index (χ0n) is 15.9. The zero-order valence-corrected chi connectivity index (χ0v) is 15.9. The summed E-state index contributed by atoms with van der Waals surface area (Å²) in [5.74, 6) is 0.227. The van der Waals surface area contributed by atoms with E-state index in [4.69, 9.17) is 9.47 Å². The van der Waals surface area contributed by atoms with Crippen molar-refractivity contribution < 1.29 is 39.4 Å². The van der Waals surface area contributed by atoms with Gasteiger partial charge in [0, 0.05) is 6.42 Å². The summed E-state index contributed by atoms with van der Waals surface area (Å²) in [5, 5.41) is 49.9. The molecule has 4 atom stereocenters. The number of hydrogen-bond acceptors (Lipinski definition) is 7. The standard InChI is InChI=1S/C21H25FO7/c1-28-15-5-2-12(3-6-15)8-14-9-13(4-7-16(14)22)19-17(25)18(26)20(27)21(10-23,11-24)29-19/h2-7,9,17-20,23-27H,8,10-11H2,1H3/t17-,18-,19+,20+/m1/s1. The first-order chi connectivity index (χ1) is 13.8. The topological polar surface area (TPSA) is 120 Å². The molecule has 0 saturated carbocycles. The summed E-state index contributed by atoms with van der Waals surface area (Å²) >= 11 is 0. The lowest BCUT2D eigenvalue weighted by Crippen LogP contribution is -2.65. The number of benzene rings is 2. The maximum atomic E-state index is 14.4. The van der Waals surface area contributed by atoms with E-state index in [9.17, 15) is 29.9 Å². The van der Waals surface area contributed by atoms with E-state index in [2.05, 4.69) is 0 Å². The molecule has 0 amide bonds. The molecule has 0 aliphatic carbocycles. The van der Waals surface area contributed by atoms with Crippen molar-refractivity contribution in [1.29, 1.82) is 0 Å². The van der Waals surface area contributed by atoms with Crippen molar-refractivity contribution in [2.45, 2.75) is 36.4 Å². The van der Waals surface area contributed by atoms with Crippen LogP contribution < -0.4 is 4.74 Å². The van der Waals surface area contributed by atoms with E-state index in [1.165, 1.54) is 18.2 Å². The van der Waals surface area contributed by atoms with Crippen LogP contribution in [0.4, 0.5) is 4.39 Å². The average Bonchev–Trinajstić information content (AvgIpc) is 2.75. The molecule has 0 spiro atoms. The monoisotopic (exact) mass is 408 g/mol. The van der Waals surface area contributed by atoms with Crippen LogP contribution in [0.3, 0.4) is 0 Å². The number of rotatable bonds is 6. The SMILES string of the molecule is COc1ccc(Cc2cc([C@@H]3OC(CO)(CO)[C@@H](O)[C@H](O)[C@H]3O)ccc2F)cc1. The Morgan fingerprint density at radius 1 is 1.00 bits per heavy atom. The van der Waals surface area contributed by atoms with Gasteiger partial charge in [0.2, 0.25) is 0 Å². The first-order valence-electron chi connectivity index (χ1n) is 9.20. The van der Waals surface area contributed by atoms with Crippen LogP contribution in [0.15, 0.2) is 42.5 Å². The molecule has 3 rings (SSSR count). The number of aliphatic hydroxyl groups is 5. The van der Waals surface area contributed by atoms with Gasteiger partial charge in [0.05, 0.1) is 20.3 Å². The van der Waals surface area contributed by atoms with E-state index < -0.39 is 49.0 Å². The van der Waals surface area contributed by atoms with Gasteiger partial charge < -0.3 is 35.0 Å². The van der Waals surface area contributed by atoms with Gasteiger partial charge in [0.1, 0.15) is 41.6 Å². The van der Waals surface area contributed by atoms with Crippen molar-refractivity contribution in [3.05, 3.63) is 65.0 Å². The minimum absolute atomic E-state index is 0.267. The number of ether oxygens (including phenoxy) is 2. The normalized spacial score (nSPS) is 26.3. The summed E-state index contributed by atoms with van der Waals surface area (Å²) in [5.41, 5.74) is -0.335. The molecule has 0 aromatic heterocycles. The fourth-order valence-electron chi connectivity index (χ4n) is 3.52. The third kappa shape index (κ3) is 4.13. The minimum atomic E-state index is -1.85. The highest BCUT2D eigenvalue weighted by Gasteiger charge is 2.53. The molecular formula is C21H25FO7. The van der Waals surface area contributed by atoms with Gasteiger partial charge in [-0.25, -0.2) is 4.39 Å². The molecule has 158 valence electrons. The highest BCUT2D eigenvalue weighted by Crippen LogP contribution is 2.38. The number of hydrogen-bond donors (Lipinski definition) is 5. The molecular weight excluding hydrogens is 383 g/mol. The molecule has 1 heterocycles. The van der Waals surface area contributed by atoms with Crippen molar-refractivity contribution in [1.82, 2.24) is 0 Å². The second-order valence-electron chi connectivity index (χ2n) is 7.22. The van der Waals surface area contributed by atoms with E-state index >= 15 is 0 Å². The van der Waals surface area contributed by atoms with E-state index in [0.717, 1.165) is 5.56 Å². The fraction of sp³-hybridized carbons (Fsp3) is 0.429. The maximum Gasteiger partial charge on any atom is 0.143 e. The Bertz CT molecular complexity index is 822. The molecule has 2 aromatic rings. The molecule has 1 aliphatic heterocycles. The number of halogens is 1. The van der Waals surface area contributed by atoms with E-state index in [1.54, 1.807) is 31.4 Å². The Morgan fingerprint density at radius 2 is 1.66 bits per heavy atom. The lowest BCUT2D eigenvalue weighted by molar-refractivity contribution is -0.289. The molecule has 1 saturated heterocycles. The van der Waals surface area contributed by atoms with Gasteiger partial charge in [0.25, 0.3) is 0 Å². The molecule has 2 aromatic carbocycles. The van der Waals surface area contributed by atoms with Gasteiger partial charge in [0.15, 0.2) is 0 Å². The number of methoxy groups -OCH3 is 1. The van der Waals surface area contributed by atoms with Crippen LogP contribution in [0, 0.1) is 5.82 Å². The van der Waals surface area contributed by atoms with Crippen LogP contribution in [0.5, 0.6) is 5.75 Å². The largest absolute Gasteiger partial charge is 0.497 e. The van der Waals surface area contributed by atoms with Gasteiger partial charge in [-0.05, 0) is 41.0 Å². The van der Waals surface area contributed by atoms with Gasteiger partial charge >= 0.3 is 0 Å². The second-order valence-corrected chi connectivity index (χ2v) is 7.22. The van der Waals surface area contributed by atoms with Crippen molar-refractivity contribution in [2.75, 3.05) is 20.3 Å². The van der Waals surface area contributed by atoms with Crippen molar-refractivity contribution in [3.63, 3.8) is 0 Å². The summed E-state index contributed by atoms with van der Waals surface area (Å²) in [6.07, 6.45) is -5.80. The third-order valence-corrected chi connectivity index (χ3v) is 5.37. The third-order valence-electron chi connectivity index (χ3n) is 5.37. The highest BCUT2D eigenvalue weighted by atomic mass is 19.1. The highest BCUT2D eigenvalue weighted by molar-refractivity contribution is 5.35. The molecule has 29 heavy (non-hydrogen) atoms. The number of aliphatic hydroxyl groups excluding tert-OH is 5. The first kappa shape index (κ1) is 21.6. The Kier molecular flexibility index (Phi) is 6.52. The lowest BCUT2D eigenvalue weighted by atomic mass is 9.83. The predicted octanol–water partition coefficient (Wildman–Crippen LogP) is 0.302. The van der Waals surface area contributed by atoms with Crippen LogP contribution in [-0.4, -0.2) is 69.8 Å². The smallest absolute Gasteiger partial charge is 0.143 e. The summed E-state index contributed by atoms with van der Waals surface area (Å²) in [6.45, 7) is -1.55. The fourth-order valence-corrected chi connectivity index (χ4v) is 3.52. The summed E-state index contributed by atoms with van der Waals surface area (Å²) in [7, 11) is 1.55. The van der Waals surface area contributed by atoms with Gasteiger partial charge in [-0.1, -0.05) is 18.2 Å². The molecule has 5 N–H and O–H groups in total. The van der Waals surface area contributed by atoms with Crippen molar-refractivity contribution in [2.24, 2.45) is 0 Å². The van der Waals surface area contributed by atoms with Crippen LogP contribution in [-0.2, 0) is 11.2 Å². The Hall–Kier alpha value is -2.07. The minimum Gasteiger partial charge on any atom is -0.497 e. The second kappa shape index (κ2) is 8.74. The summed E-state index contributed by atoms with van der Waals surface area (Å²) in [6, 6.07) is 11.3. The molecule has 7 nitrogen and oxygen atoms in total. The van der Waals surface area contributed by atoms with Gasteiger partial charge in [-0.3, -0.25) is 0 Å². The maximum absolute atomic E-state index is 14.4. The molecule has 8 heteroatoms. The van der Waals surface area contributed by atoms with Crippen LogP contribution in [0.2, 0.25) is 0 Å². The summed E-state index contributed by atoms with van der Waals surface area (Å²) in [4.78, 5) is 0. The van der Waals surface area contributed by atoms with E-state index in [0.29, 0.717) is 16.9 Å². The van der Waals surface area contributed by atoms with E-state index in [-0.39, 0.29) is 6.42 Å². The van der Waals surface area contributed by atoms with Crippen LogP contribution in [0.25, 0.3) is 0 Å². The first-order valence-corrected chi connectivity index (χ1v) is 9.20. The quantitative estimate of drug-likeness (QED) is 0.466. The molecule has 0 unspecified atom stereocenters. The molecule has 0 bridgehead atoms. The Morgan fingerprint density at radius 3 is 2.24 bits per heavy atom. The van der Waals surface area contributed by atoms with Crippen molar-refractivity contribution >= 4 is 0 Å². The lowest BCUT2D eigenvalue weighted by Gasteiger charge is -2.47. The zero-order chi connectivity index (χ0) is 21.2. The van der Waals surface area contributed by atoms with E-state index in [1.807, 2.05) is 0 Å². The molecule has 1 fully saturated rings. The van der Waals surface area contributed by atoms with Gasteiger partial charge in [-0.2, -0.15) is 0 Å². The molecule has 1 aliphatic rings. The predicted molar refractivity (Wildman–Crippen MR) is 101 cm³/mol.